The molecule has 0 fully saturated rings. The zero-order valence-corrected chi connectivity index (χ0v) is 14.2. The van der Waals surface area contributed by atoms with Crippen LogP contribution in [-0.2, 0) is 18.4 Å². The van der Waals surface area contributed by atoms with Crippen molar-refractivity contribution in [2.45, 2.75) is 20.5 Å². The molecule has 126 valence electrons. The maximum Gasteiger partial charge on any atom is 0.339 e. The van der Waals surface area contributed by atoms with E-state index in [0.29, 0.717) is 17.0 Å². The van der Waals surface area contributed by atoms with Gasteiger partial charge in [-0.2, -0.15) is 5.10 Å². The minimum atomic E-state index is -0.410. The average Bonchev–Trinajstić information content (AvgIpc) is 3.13. The smallest absolute Gasteiger partial charge is 0.339 e. The Bertz CT molecular complexity index is 1070. The van der Waals surface area contributed by atoms with Gasteiger partial charge in [0.25, 0.3) is 0 Å². The molecule has 0 N–H and O–H groups in total. The lowest BCUT2D eigenvalue weighted by Gasteiger charge is -2.06. The van der Waals surface area contributed by atoms with Crippen molar-refractivity contribution in [1.29, 1.82) is 0 Å². The largest absolute Gasteiger partial charge is 0.457 e. The van der Waals surface area contributed by atoms with Crippen molar-refractivity contribution in [2.24, 2.45) is 7.05 Å². The molecule has 4 rings (SSSR count). The van der Waals surface area contributed by atoms with Crippen molar-refractivity contribution in [3.8, 4) is 0 Å². The van der Waals surface area contributed by atoms with Gasteiger partial charge in [0.1, 0.15) is 18.0 Å². The van der Waals surface area contributed by atoms with Crippen LogP contribution < -0.4 is 0 Å². The molecule has 6 heteroatoms. The number of pyridine rings is 1. The van der Waals surface area contributed by atoms with Gasteiger partial charge in [-0.3, -0.25) is 4.68 Å². The van der Waals surface area contributed by atoms with E-state index in [-0.39, 0.29) is 6.61 Å². The third-order valence-electron chi connectivity index (χ3n) is 4.14. The van der Waals surface area contributed by atoms with Crippen LogP contribution >= 0.6 is 0 Å². The Balaban J connectivity index is 1.64. The third-order valence-corrected chi connectivity index (χ3v) is 4.14. The second-order valence-electron chi connectivity index (χ2n) is 6.05. The SMILES string of the molecule is Cc1cc(C(=O)OCc2cc3ccccc3o2)c2c(C)nn(C)c2n1. The third kappa shape index (κ3) is 2.65. The monoisotopic (exact) mass is 335 g/mol. The van der Waals surface area contributed by atoms with Crippen LogP contribution in [0.15, 0.2) is 40.8 Å². The number of carbonyl (C=O) groups excluding carboxylic acids is 1. The van der Waals surface area contributed by atoms with E-state index < -0.39 is 5.97 Å². The molecule has 0 aliphatic carbocycles. The summed E-state index contributed by atoms with van der Waals surface area (Å²) in [7, 11) is 1.81. The minimum absolute atomic E-state index is 0.0791. The van der Waals surface area contributed by atoms with Crippen LogP contribution in [0.5, 0.6) is 0 Å². The van der Waals surface area contributed by atoms with Crippen molar-refractivity contribution >= 4 is 28.0 Å². The summed E-state index contributed by atoms with van der Waals surface area (Å²) in [5.41, 5.74) is 3.42. The van der Waals surface area contributed by atoms with Gasteiger partial charge >= 0.3 is 5.97 Å². The molecule has 0 spiro atoms. The van der Waals surface area contributed by atoms with Crippen molar-refractivity contribution in [2.75, 3.05) is 0 Å². The molecule has 0 bridgehead atoms. The van der Waals surface area contributed by atoms with Crippen molar-refractivity contribution in [1.82, 2.24) is 14.8 Å². The molecule has 25 heavy (non-hydrogen) atoms. The highest BCUT2D eigenvalue weighted by Crippen LogP contribution is 2.24. The molecular formula is C19H17N3O3. The predicted molar refractivity (Wildman–Crippen MR) is 93.3 cm³/mol. The summed E-state index contributed by atoms with van der Waals surface area (Å²) in [6.07, 6.45) is 0. The van der Waals surface area contributed by atoms with E-state index in [2.05, 4.69) is 10.1 Å². The van der Waals surface area contributed by atoms with Crippen LogP contribution in [-0.4, -0.2) is 20.7 Å². The standard InChI is InChI=1S/C19H17N3O3/c1-11-8-15(17-12(2)21-22(3)18(17)20-11)19(23)24-10-14-9-13-6-4-5-7-16(13)25-14/h4-9H,10H2,1-3H3. The number of nitrogens with zero attached hydrogens (tertiary/aromatic N) is 3. The van der Waals surface area contributed by atoms with E-state index in [0.717, 1.165) is 27.7 Å². The van der Waals surface area contributed by atoms with Gasteiger partial charge in [0.2, 0.25) is 0 Å². The Hall–Kier alpha value is -3.15. The van der Waals surface area contributed by atoms with Crippen LogP contribution in [0, 0.1) is 13.8 Å². The number of ether oxygens (including phenoxy) is 1. The predicted octanol–water partition coefficient (Wildman–Crippen LogP) is 3.69. The molecule has 6 nitrogen and oxygen atoms in total. The maximum absolute atomic E-state index is 12.6. The van der Waals surface area contributed by atoms with E-state index in [1.54, 1.807) is 10.7 Å². The molecule has 3 aromatic heterocycles. The topological polar surface area (TPSA) is 70.2 Å². The molecule has 0 aliphatic heterocycles. The van der Waals surface area contributed by atoms with Crippen LogP contribution in [0.3, 0.4) is 0 Å². The zero-order chi connectivity index (χ0) is 17.6. The molecule has 0 aliphatic rings. The van der Waals surface area contributed by atoms with Gasteiger partial charge in [-0.15, -0.1) is 0 Å². The van der Waals surface area contributed by atoms with Gasteiger partial charge in [0, 0.05) is 18.1 Å². The number of para-hydroxylation sites is 1. The number of aryl methyl sites for hydroxylation is 3. The fourth-order valence-electron chi connectivity index (χ4n) is 3.05. The Kier molecular flexibility index (Phi) is 3.53. The molecule has 3 heterocycles. The summed E-state index contributed by atoms with van der Waals surface area (Å²) >= 11 is 0. The molecule has 0 amide bonds. The summed E-state index contributed by atoms with van der Waals surface area (Å²) in [6, 6.07) is 11.3. The van der Waals surface area contributed by atoms with Crippen LogP contribution in [0.1, 0.15) is 27.5 Å². The van der Waals surface area contributed by atoms with Gasteiger partial charge in [-0.05, 0) is 32.0 Å². The summed E-state index contributed by atoms with van der Waals surface area (Å²) in [5, 5.41) is 6.06. The Morgan fingerprint density at radius 1 is 1.24 bits per heavy atom. The zero-order valence-electron chi connectivity index (χ0n) is 14.2. The van der Waals surface area contributed by atoms with E-state index in [9.17, 15) is 4.79 Å². The number of carbonyl (C=O) groups is 1. The number of rotatable bonds is 3. The van der Waals surface area contributed by atoms with Gasteiger partial charge in [-0.25, -0.2) is 9.78 Å². The number of benzene rings is 1. The van der Waals surface area contributed by atoms with Crippen molar-refractivity contribution in [3.05, 3.63) is 59.1 Å². The molecule has 4 aromatic rings. The van der Waals surface area contributed by atoms with Gasteiger partial charge in [0.05, 0.1) is 16.6 Å². The number of furan rings is 1. The maximum atomic E-state index is 12.6. The summed E-state index contributed by atoms with van der Waals surface area (Å²) in [4.78, 5) is 17.1. The van der Waals surface area contributed by atoms with E-state index in [4.69, 9.17) is 9.15 Å². The quantitative estimate of drug-likeness (QED) is 0.534. The summed E-state index contributed by atoms with van der Waals surface area (Å²) in [6.45, 7) is 3.78. The Morgan fingerprint density at radius 3 is 2.84 bits per heavy atom. The number of hydrogen-bond acceptors (Lipinski definition) is 5. The first kappa shape index (κ1) is 15.4. The lowest BCUT2D eigenvalue weighted by Crippen LogP contribution is -2.07. The van der Waals surface area contributed by atoms with E-state index in [1.807, 2.05) is 51.2 Å². The molecule has 0 saturated heterocycles. The highest BCUT2D eigenvalue weighted by atomic mass is 16.5. The molecule has 1 aromatic carbocycles. The molecule has 0 radical (unpaired) electrons. The fraction of sp³-hybridized carbons (Fsp3) is 0.211. The second-order valence-corrected chi connectivity index (χ2v) is 6.05. The van der Waals surface area contributed by atoms with Crippen LogP contribution in [0.2, 0.25) is 0 Å². The number of hydrogen-bond donors (Lipinski definition) is 0. The lowest BCUT2D eigenvalue weighted by atomic mass is 10.1. The lowest BCUT2D eigenvalue weighted by molar-refractivity contribution is 0.0449. The molecule has 0 saturated carbocycles. The second kappa shape index (κ2) is 5.73. The first-order valence-corrected chi connectivity index (χ1v) is 7.98. The molecular weight excluding hydrogens is 318 g/mol. The van der Waals surface area contributed by atoms with E-state index >= 15 is 0 Å². The number of fused-ring (bicyclic) bond motifs is 2. The minimum Gasteiger partial charge on any atom is -0.457 e. The van der Waals surface area contributed by atoms with Crippen LogP contribution in [0.4, 0.5) is 0 Å². The summed E-state index contributed by atoms with van der Waals surface area (Å²) < 4.78 is 12.8. The number of aromatic nitrogens is 3. The fourth-order valence-corrected chi connectivity index (χ4v) is 3.05. The highest BCUT2D eigenvalue weighted by molar-refractivity contribution is 6.03. The molecule has 0 atom stereocenters. The van der Waals surface area contributed by atoms with Gasteiger partial charge in [0.15, 0.2) is 5.65 Å². The molecule has 0 unspecified atom stereocenters. The Labute approximate surface area is 144 Å². The van der Waals surface area contributed by atoms with Gasteiger partial charge < -0.3 is 9.15 Å². The van der Waals surface area contributed by atoms with Crippen molar-refractivity contribution in [3.63, 3.8) is 0 Å². The first-order chi connectivity index (χ1) is 12.0. The van der Waals surface area contributed by atoms with E-state index in [1.165, 1.54) is 0 Å². The number of esters is 1. The van der Waals surface area contributed by atoms with Gasteiger partial charge in [-0.1, -0.05) is 18.2 Å². The highest BCUT2D eigenvalue weighted by Gasteiger charge is 2.19. The van der Waals surface area contributed by atoms with Crippen molar-refractivity contribution < 1.29 is 13.9 Å². The van der Waals surface area contributed by atoms with Crippen LogP contribution in [0.25, 0.3) is 22.0 Å². The Morgan fingerprint density at radius 2 is 2.04 bits per heavy atom. The first-order valence-electron chi connectivity index (χ1n) is 7.98. The average molecular weight is 335 g/mol. The summed E-state index contributed by atoms with van der Waals surface area (Å²) in [5.74, 6) is 0.200. The normalized spacial score (nSPS) is 11.3.